The Hall–Kier alpha value is 0.140. The lowest BCUT2D eigenvalue weighted by molar-refractivity contribution is 0.142. The Morgan fingerprint density at radius 2 is 1.44 bits per heavy atom. The van der Waals surface area contributed by atoms with Crippen LogP contribution in [0.4, 0.5) is 0 Å². The highest BCUT2D eigenvalue weighted by molar-refractivity contribution is 8.04. The third-order valence-corrected chi connectivity index (χ3v) is 2.87. The summed E-state index contributed by atoms with van der Waals surface area (Å²) in [5.41, 5.74) is 0.653. The second-order valence-corrected chi connectivity index (χ2v) is 3.82. The summed E-state index contributed by atoms with van der Waals surface area (Å²) in [6.07, 6.45) is 4.13. The van der Waals surface area contributed by atoms with E-state index in [4.69, 9.17) is 4.74 Å². The number of ether oxygens (including phenoxy) is 1. The number of rotatable bonds is 2. The van der Waals surface area contributed by atoms with Gasteiger partial charge in [0, 0.05) is 0 Å². The first-order valence-electron chi connectivity index (χ1n) is 2.75. The van der Waals surface area contributed by atoms with Crippen molar-refractivity contribution in [2.24, 2.45) is 0 Å². The fourth-order valence-corrected chi connectivity index (χ4v) is 1.58. The molecule has 2 unspecified atom stereocenters. The molecule has 0 saturated carbocycles. The largest absolute Gasteiger partial charge is 0.345 e. The van der Waals surface area contributed by atoms with Crippen molar-refractivity contribution in [2.45, 2.75) is 10.9 Å². The first kappa shape index (κ1) is 5.89. The van der Waals surface area contributed by atoms with Crippen molar-refractivity contribution in [1.29, 1.82) is 0 Å². The molecular formula is C6H6OS2. The van der Waals surface area contributed by atoms with Gasteiger partial charge in [0.15, 0.2) is 0 Å². The first-order chi connectivity index (χ1) is 4.45. The summed E-state index contributed by atoms with van der Waals surface area (Å²) in [7, 11) is 0. The average molecular weight is 158 g/mol. The fraction of sp³-hybridized carbons (Fsp3) is 0.333. The highest BCUT2D eigenvalue weighted by atomic mass is 32.2. The van der Waals surface area contributed by atoms with Crippen molar-refractivity contribution >= 4 is 23.5 Å². The van der Waals surface area contributed by atoms with Gasteiger partial charge in [-0.2, -0.15) is 0 Å². The molecule has 2 aliphatic rings. The molecule has 0 aromatic heterocycles. The Morgan fingerprint density at radius 1 is 1.00 bits per heavy atom. The molecule has 0 aromatic carbocycles. The first-order valence-corrected chi connectivity index (χ1v) is 4.63. The normalized spacial score (nSPS) is 37.8. The van der Waals surface area contributed by atoms with Crippen molar-refractivity contribution in [1.82, 2.24) is 0 Å². The van der Waals surface area contributed by atoms with Gasteiger partial charge < -0.3 is 4.74 Å². The summed E-state index contributed by atoms with van der Waals surface area (Å²) in [6, 6.07) is 0. The average Bonchev–Trinajstić information content (AvgIpc) is 1.57. The van der Waals surface area contributed by atoms with E-state index in [0.29, 0.717) is 10.9 Å². The van der Waals surface area contributed by atoms with Crippen molar-refractivity contribution in [3.05, 3.63) is 23.0 Å². The van der Waals surface area contributed by atoms with Crippen LogP contribution < -0.4 is 0 Å². The van der Waals surface area contributed by atoms with E-state index in [1.54, 1.807) is 23.5 Å². The van der Waals surface area contributed by atoms with Crippen molar-refractivity contribution in [3.8, 4) is 0 Å². The van der Waals surface area contributed by atoms with Crippen LogP contribution in [-0.2, 0) is 4.74 Å². The van der Waals surface area contributed by atoms with E-state index in [2.05, 4.69) is 23.0 Å². The lowest BCUT2D eigenvalue weighted by Crippen LogP contribution is -2.18. The maximum Gasteiger partial charge on any atom is 0.128 e. The monoisotopic (exact) mass is 158 g/mol. The Morgan fingerprint density at radius 3 is 1.67 bits per heavy atom. The maximum atomic E-state index is 5.47. The predicted molar refractivity (Wildman–Crippen MR) is 42.1 cm³/mol. The highest BCUT2D eigenvalue weighted by Gasteiger charge is 2.19. The maximum absolute atomic E-state index is 5.47. The molecule has 0 spiro atoms. The van der Waals surface area contributed by atoms with E-state index in [1.165, 1.54) is 0 Å². The van der Waals surface area contributed by atoms with Gasteiger partial charge in [-0.1, -0.05) is 23.5 Å². The standard InChI is InChI=1S/C6H6OS2/c1-3-8-5(1)7-6-2-4-9-6/h1-6H. The molecule has 0 aromatic rings. The molecule has 2 atom stereocenters. The lowest BCUT2D eigenvalue weighted by Gasteiger charge is -2.25. The summed E-state index contributed by atoms with van der Waals surface area (Å²) in [5.74, 6) is 0. The quantitative estimate of drug-likeness (QED) is 0.609. The topological polar surface area (TPSA) is 9.23 Å². The minimum absolute atomic E-state index is 0.326. The van der Waals surface area contributed by atoms with Crippen LogP contribution in [0.5, 0.6) is 0 Å². The van der Waals surface area contributed by atoms with Crippen molar-refractivity contribution in [3.63, 3.8) is 0 Å². The zero-order chi connectivity index (χ0) is 6.10. The van der Waals surface area contributed by atoms with Crippen LogP contribution >= 0.6 is 23.5 Å². The predicted octanol–water partition coefficient (Wildman–Crippen LogP) is 2.18. The number of hydrogen-bond acceptors (Lipinski definition) is 3. The third kappa shape index (κ3) is 1.18. The molecule has 0 radical (unpaired) electrons. The molecule has 9 heavy (non-hydrogen) atoms. The van der Waals surface area contributed by atoms with Gasteiger partial charge in [-0.15, -0.1) is 0 Å². The smallest absolute Gasteiger partial charge is 0.128 e. The number of hydrogen-bond donors (Lipinski definition) is 0. The van der Waals surface area contributed by atoms with E-state index in [-0.39, 0.29) is 0 Å². The summed E-state index contributed by atoms with van der Waals surface area (Å²) in [5, 5.41) is 4.11. The summed E-state index contributed by atoms with van der Waals surface area (Å²) in [6.45, 7) is 0. The molecule has 0 bridgehead atoms. The highest BCUT2D eigenvalue weighted by Crippen LogP contribution is 2.33. The van der Waals surface area contributed by atoms with Gasteiger partial charge in [0.05, 0.1) is 0 Å². The minimum atomic E-state index is 0.326. The third-order valence-electron chi connectivity index (χ3n) is 1.17. The molecule has 0 amide bonds. The van der Waals surface area contributed by atoms with Crippen molar-refractivity contribution in [2.75, 3.05) is 0 Å². The molecule has 0 aliphatic carbocycles. The fourth-order valence-electron chi connectivity index (χ4n) is 0.572. The van der Waals surface area contributed by atoms with Gasteiger partial charge in [0.2, 0.25) is 0 Å². The van der Waals surface area contributed by atoms with Gasteiger partial charge in [-0.3, -0.25) is 0 Å². The zero-order valence-corrected chi connectivity index (χ0v) is 6.32. The molecule has 0 fully saturated rings. The van der Waals surface area contributed by atoms with E-state index in [9.17, 15) is 0 Å². The molecule has 0 saturated heterocycles. The lowest BCUT2D eigenvalue weighted by atomic mass is 10.6. The van der Waals surface area contributed by atoms with Gasteiger partial charge in [0.25, 0.3) is 0 Å². The zero-order valence-electron chi connectivity index (χ0n) is 4.69. The second kappa shape index (κ2) is 2.40. The van der Waals surface area contributed by atoms with Crippen LogP contribution in [0.25, 0.3) is 0 Å². The van der Waals surface area contributed by atoms with Crippen LogP contribution in [0.3, 0.4) is 0 Å². The molecular weight excluding hydrogens is 152 g/mol. The molecule has 48 valence electrons. The summed E-state index contributed by atoms with van der Waals surface area (Å²) < 4.78 is 5.47. The minimum Gasteiger partial charge on any atom is -0.345 e. The Balaban J connectivity index is 1.77. The van der Waals surface area contributed by atoms with Crippen LogP contribution in [0.1, 0.15) is 0 Å². The van der Waals surface area contributed by atoms with Crippen LogP contribution in [0, 0.1) is 0 Å². The van der Waals surface area contributed by atoms with Gasteiger partial charge in [-0.05, 0) is 23.0 Å². The molecule has 1 nitrogen and oxygen atoms in total. The van der Waals surface area contributed by atoms with E-state index in [0.717, 1.165) is 0 Å². The SMILES string of the molecule is C1=CC(OC2C=CS2)S1. The number of thioether (sulfide) groups is 2. The summed E-state index contributed by atoms with van der Waals surface area (Å²) in [4.78, 5) is 0. The molecule has 0 N–H and O–H groups in total. The van der Waals surface area contributed by atoms with Crippen molar-refractivity contribution < 1.29 is 4.74 Å². The molecule has 2 aliphatic heterocycles. The van der Waals surface area contributed by atoms with E-state index in [1.807, 2.05) is 0 Å². The van der Waals surface area contributed by atoms with Crippen LogP contribution in [0.15, 0.2) is 23.0 Å². The van der Waals surface area contributed by atoms with E-state index >= 15 is 0 Å². The Labute approximate surface area is 62.5 Å². The molecule has 2 rings (SSSR count). The second-order valence-electron chi connectivity index (χ2n) is 1.80. The Bertz CT molecular complexity index is 146. The van der Waals surface area contributed by atoms with Gasteiger partial charge in [-0.25, -0.2) is 0 Å². The van der Waals surface area contributed by atoms with Gasteiger partial charge >= 0.3 is 0 Å². The molecule has 3 heteroatoms. The van der Waals surface area contributed by atoms with Crippen LogP contribution in [0.2, 0.25) is 0 Å². The van der Waals surface area contributed by atoms with Gasteiger partial charge in [0.1, 0.15) is 10.9 Å². The summed E-state index contributed by atoms with van der Waals surface area (Å²) >= 11 is 3.47. The molecule has 2 heterocycles. The Kier molecular flexibility index (Phi) is 1.57. The van der Waals surface area contributed by atoms with Crippen LogP contribution in [-0.4, -0.2) is 10.9 Å². The van der Waals surface area contributed by atoms with E-state index < -0.39 is 0 Å².